The highest BCUT2D eigenvalue weighted by molar-refractivity contribution is 5.97. The molecule has 0 bridgehead atoms. The molecular formula is C15H20N4O3. The van der Waals surface area contributed by atoms with E-state index in [0.717, 1.165) is 10.9 Å². The lowest BCUT2D eigenvalue weighted by Gasteiger charge is -2.19. The number of aromatic amines is 1. The van der Waals surface area contributed by atoms with Crippen molar-refractivity contribution >= 4 is 22.7 Å². The number of hydrogen-bond acceptors (Lipinski definition) is 4. The molecule has 7 heteroatoms. The first-order valence-corrected chi connectivity index (χ1v) is 6.94. The Bertz CT molecular complexity index is 723. The number of carbonyl (C=O) groups is 2. The number of aromatic nitrogens is 1. The van der Waals surface area contributed by atoms with Crippen molar-refractivity contribution in [1.82, 2.24) is 10.3 Å². The fourth-order valence-electron chi connectivity index (χ4n) is 2.55. The number of hydrogen-bond donors (Lipinski definition) is 5. The minimum absolute atomic E-state index is 0.217. The maximum absolute atomic E-state index is 11.3. The van der Waals surface area contributed by atoms with Crippen molar-refractivity contribution in [2.24, 2.45) is 11.5 Å². The Morgan fingerprint density at radius 2 is 2.09 bits per heavy atom. The molecule has 2 amide bonds. The molecule has 2 rings (SSSR count). The van der Waals surface area contributed by atoms with Crippen molar-refractivity contribution in [3.05, 3.63) is 35.0 Å². The van der Waals surface area contributed by atoms with Crippen LogP contribution in [0, 0.1) is 0 Å². The lowest BCUT2D eigenvalue weighted by atomic mass is 10.0. The minimum atomic E-state index is -0.938. The highest BCUT2D eigenvalue weighted by Gasteiger charge is 2.23. The smallest absolute Gasteiger partial charge is 0.248 e. The van der Waals surface area contributed by atoms with Crippen LogP contribution in [0.2, 0.25) is 0 Å². The molecule has 22 heavy (non-hydrogen) atoms. The molecule has 7 nitrogen and oxygen atoms in total. The van der Waals surface area contributed by atoms with E-state index in [4.69, 9.17) is 11.5 Å². The zero-order valence-corrected chi connectivity index (χ0v) is 12.5. The van der Waals surface area contributed by atoms with Crippen LogP contribution in [0.1, 0.15) is 41.6 Å². The molecule has 2 aromatic rings. The van der Waals surface area contributed by atoms with Crippen LogP contribution in [0.3, 0.4) is 0 Å². The Labute approximate surface area is 127 Å². The SMILES string of the molecule is CC(=O)N[C@H](C)C(O)c1[nH]c2cc(C(N)=O)ccc2c1CN. The molecule has 2 atom stereocenters. The number of rotatable bonds is 5. The van der Waals surface area contributed by atoms with E-state index >= 15 is 0 Å². The van der Waals surface area contributed by atoms with Gasteiger partial charge in [0.05, 0.1) is 11.7 Å². The molecule has 1 aromatic heterocycles. The van der Waals surface area contributed by atoms with Gasteiger partial charge in [0, 0.05) is 29.9 Å². The van der Waals surface area contributed by atoms with Gasteiger partial charge in [-0.3, -0.25) is 9.59 Å². The van der Waals surface area contributed by atoms with Crippen molar-refractivity contribution < 1.29 is 14.7 Å². The minimum Gasteiger partial charge on any atom is -0.385 e. The maximum Gasteiger partial charge on any atom is 0.248 e. The molecule has 0 spiro atoms. The van der Waals surface area contributed by atoms with E-state index < -0.39 is 18.1 Å². The van der Waals surface area contributed by atoms with Crippen LogP contribution >= 0.6 is 0 Å². The second kappa shape index (κ2) is 6.17. The number of amides is 2. The molecule has 1 heterocycles. The van der Waals surface area contributed by atoms with Gasteiger partial charge in [-0.2, -0.15) is 0 Å². The summed E-state index contributed by atoms with van der Waals surface area (Å²) in [4.78, 5) is 25.5. The number of carbonyl (C=O) groups excluding carboxylic acids is 2. The van der Waals surface area contributed by atoms with E-state index in [1.165, 1.54) is 6.92 Å². The van der Waals surface area contributed by atoms with Crippen molar-refractivity contribution in [1.29, 1.82) is 0 Å². The summed E-state index contributed by atoms with van der Waals surface area (Å²) in [6.07, 6.45) is -0.938. The van der Waals surface area contributed by atoms with Crippen LogP contribution in [0.25, 0.3) is 10.9 Å². The quantitative estimate of drug-likeness (QED) is 0.542. The Balaban J connectivity index is 2.49. The van der Waals surface area contributed by atoms with Gasteiger partial charge in [0.15, 0.2) is 0 Å². The van der Waals surface area contributed by atoms with E-state index in [2.05, 4.69) is 10.3 Å². The van der Waals surface area contributed by atoms with E-state index in [-0.39, 0.29) is 12.5 Å². The fourth-order valence-corrected chi connectivity index (χ4v) is 2.55. The maximum atomic E-state index is 11.3. The zero-order valence-electron chi connectivity index (χ0n) is 12.5. The molecule has 7 N–H and O–H groups in total. The van der Waals surface area contributed by atoms with E-state index in [1.54, 1.807) is 25.1 Å². The number of aliphatic hydroxyl groups excluding tert-OH is 1. The van der Waals surface area contributed by atoms with Gasteiger partial charge in [-0.25, -0.2) is 0 Å². The van der Waals surface area contributed by atoms with E-state index in [9.17, 15) is 14.7 Å². The average molecular weight is 304 g/mol. The normalized spacial score (nSPS) is 13.8. The Kier molecular flexibility index (Phi) is 4.48. The van der Waals surface area contributed by atoms with Gasteiger partial charge in [-0.15, -0.1) is 0 Å². The first kappa shape index (κ1) is 16.0. The van der Waals surface area contributed by atoms with Gasteiger partial charge in [0.2, 0.25) is 11.8 Å². The summed E-state index contributed by atoms with van der Waals surface area (Å²) < 4.78 is 0. The molecule has 1 aromatic carbocycles. The summed E-state index contributed by atoms with van der Waals surface area (Å²) >= 11 is 0. The summed E-state index contributed by atoms with van der Waals surface area (Å²) in [5.41, 5.74) is 13.4. The molecule has 0 aliphatic carbocycles. The molecule has 1 unspecified atom stereocenters. The molecule has 0 aliphatic heterocycles. The number of fused-ring (bicyclic) bond motifs is 1. The first-order chi connectivity index (χ1) is 10.3. The fraction of sp³-hybridized carbons (Fsp3) is 0.333. The summed E-state index contributed by atoms with van der Waals surface area (Å²) in [6, 6.07) is 4.50. The summed E-state index contributed by atoms with van der Waals surface area (Å²) in [5.74, 6) is -0.757. The zero-order chi connectivity index (χ0) is 16.4. The van der Waals surface area contributed by atoms with Crippen LogP contribution in [-0.2, 0) is 11.3 Å². The Hall–Kier alpha value is -2.38. The molecule has 0 aliphatic rings. The third-order valence-corrected chi connectivity index (χ3v) is 3.63. The third kappa shape index (κ3) is 2.95. The highest BCUT2D eigenvalue weighted by Crippen LogP contribution is 2.28. The summed E-state index contributed by atoms with van der Waals surface area (Å²) in [6.45, 7) is 3.30. The van der Waals surface area contributed by atoms with Gasteiger partial charge < -0.3 is 26.9 Å². The summed E-state index contributed by atoms with van der Waals surface area (Å²) in [7, 11) is 0. The second-order valence-corrected chi connectivity index (χ2v) is 5.28. The van der Waals surface area contributed by atoms with E-state index in [0.29, 0.717) is 16.8 Å². The lowest BCUT2D eigenvalue weighted by Crippen LogP contribution is -2.36. The molecule has 0 saturated carbocycles. The standard InChI is InChI=1S/C15H20N4O3/c1-7(18-8(2)20)14(21)13-11(6-16)10-4-3-9(15(17)22)5-12(10)19-13/h3-5,7,14,19,21H,6,16H2,1-2H3,(H2,17,22)(H,18,20)/t7-,14?/m1/s1. The van der Waals surface area contributed by atoms with Crippen molar-refractivity contribution in [2.75, 3.05) is 0 Å². The monoisotopic (exact) mass is 304 g/mol. The van der Waals surface area contributed by atoms with Gasteiger partial charge in [-0.05, 0) is 24.6 Å². The highest BCUT2D eigenvalue weighted by atomic mass is 16.3. The van der Waals surface area contributed by atoms with Crippen LogP contribution in [0.15, 0.2) is 18.2 Å². The third-order valence-electron chi connectivity index (χ3n) is 3.63. The van der Waals surface area contributed by atoms with Gasteiger partial charge >= 0.3 is 0 Å². The Morgan fingerprint density at radius 1 is 1.41 bits per heavy atom. The van der Waals surface area contributed by atoms with Gasteiger partial charge in [0.1, 0.15) is 6.10 Å². The van der Waals surface area contributed by atoms with E-state index in [1.807, 2.05) is 0 Å². The van der Waals surface area contributed by atoms with Crippen molar-refractivity contribution in [2.45, 2.75) is 32.5 Å². The predicted octanol–water partition coefficient (Wildman–Crippen LogP) is 0.284. The van der Waals surface area contributed by atoms with Gasteiger partial charge in [-0.1, -0.05) is 6.07 Å². The second-order valence-electron chi connectivity index (χ2n) is 5.28. The molecule has 0 radical (unpaired) electrons. The number of primary amides is 1. The van der Waals surface area contributed by atoms with Crippen LogP contribution < -0.4 is 16.8 Å². The predicted molar refractivity (Wildman–Crippen MR) is 82.9 cm³/mol. The largest absolute Gasteiger partial charge is 0.385 e. The molecule has 0 saturated heterocycles. The molecule has 118 valence electrons. The lowest BCUT2D eigenvalue weighted by molar-refractivity contribution is -0.120. The van der Waals surface area contributed by atoms with Crippen LogP contribution in [0.5, 0.6) is 0 Å². The Morgan fingerprint density at radius 3 is 2.64 bits per heavy atom. The van der Waals surface area contributed by atoms with Gasteiger partial charge in [0.25, 0.3) is 0 Å². The number of H-pyrrole nitrogens is 1. The number of aliphatic hydroxyl groups is 1. The molecular weight excluding hydrogens is 284 g/mol. The summed E-state index contributed by atoms with van der Waals surface area (Å²) in [5, 5.41) is 13.9. The number of nitrogens with one attached hydrogen (secondary N) is 2. The number of benzene rings is 1. The topological polar surface area (TPSA) is 134 Å². The average Bonchev–Trinajstić information content (AvgIpc) is 2.82. The van der Waals surface area contributed by atoms with Crippen LogP contribution in [0.4, 0.5) is 0 Å². The van der Waals surface area contributed by atoms with Crippen molar-refractivity contribution in [3.63, 3.8) is 0 Å². The van der Waals surface area contributed by atoms with Crippen LogP contribution in [-0.4, -0.2) is 27.9 Å². The first-order valence-electron chi connectivity index (χ1n) is 6.94. The number of nitrogens with two attached hydrogens (primary N) is 2. The van der Waals surface area contributed by atoms with Crippen molar-refractivity contribution in [3.8, 4) is 0 Å². The molecule has 0 fully saturated rings.